The fraction of sp³-hybridized carbons (Fsp3) is 0.391. The van der Waals surface area contributed by atoms with E-state index in [1.165, 1.54) is 5.56 Å². The Kier molecular flexibility index (Phi) is 7.43. The molecule has 30 heavy (non-hydrogen) atoms. The van der Waals surface area contributed by atoms with Gasteiger partial charge in [-0.1, -0.05) is 19.1 Å². The fourth-order valence-electron chi connectivity index (χ4n) is 3.17. The second-order valence-electron chi connectivity index (χ2n) is 7.13. The highest BCUT2D eigenvalue weighted by Crippen LogP contribution is 2.27. The van der Waals surface area contributed by atoms with E-state index in [1.807, 2.05) is 37.3 Å². The average molecular weight is 411 g/mol. The fourth-order valence-corrected chi connectivity index (χ4v) is 3.17. The molecule has 0 aliphatic carbocycles. The molecular weight excluding hydrogens is 380 g/mol. The summed E-state index contributed by atoms with van der Waals surface area (Å²) in [6.07, 6.45) is 0.996. The van der Waals surface area contributed by atoms with Crippen molar-refractivity contribution in [1.29, 1.82) is 0 Å². The van der Waals surface area contributed by atoms with Gasteiger partial charge in [-0.15, -0.1) is 0 Å². The molecule has 0 radical (unpaired) electrons. The minimum Gasteiger partial charge on any atom is -0.457 e. The minimum atomic E-state index is -0.435. The Morgan fingerprint density at radius 2 is 1.90 bits per heavy atom. The van der Waals surface area contributed by atoms with E-state index in [4.69, 9.17) is 20.2 Å². The maximum absolute atomic E-state index is 11.3. The van der Waals surface area contributed by atoms with Crippen LogP contribution in [0.4, 0.5) is 0 Å². The molecule has 0 aliphatic rings. The van der Waals surface area contributed by atoms with Crippen LogP contribution < -0.4 is 15.8 Å². The van der Waals surface area contributed by atoms with Crippen LogP contribution in [-0.4, -0.2) is 34.7 Å². The van der Waals surface area contributed by atoms with Crippen LogP contribution in [0.3, 0.4) is 0 Å². The van der Waals surface area contributed by atoms with Gasteiger partial charge in [0.2, 0.25) is 5.91 Å². The molecular formula is C23H30N4O3. The van der Waals surface area contributed by atoms with Gasteiger partial charge < -0.3 is 19.8 Å². The summed E-state index contributed by atoms with van der Waals surface area (Å²) in [5.41, 5.74) is 8.45. The number of ether oxygens (including phenoxy) is 2. The summed E-state index contributed by atoms with van der Waals surface area (Å²) in [5.74, 6) is 1.97. The lowest BCUT2D eigenvalue weighted by Crippen LogP contribution is -2.38. The summed E-state index contributed by atoms with van der Waals surface area (Å²) >= 11 is 0. The number of fused-ring (bicyclic) bond motifs is 1. The number of carbonyl (C=O) groups excluding carboxylic acids is 1. The Balaban J connectivity index is 1.86. The van der Waals surface area contributed by atoms with E-state index in [0.717, 1.165) is 34.8 Å². The van der Waals surface area contributed by atoms with Crippen LogP contribution in [-0.2, 0) is 29.0 Å². The highest BCUT2D eigenvalue weighted by atomic mass is 16.5. The first-order valence-electron chi connectivity index (χ1n) is 10.4. The Bertz CT molecular complexity index is 982. The number of carbonyl (C=O) groups is 1. The van der Waals surface area contributed by atoms with E-state index in [1.54, 1.807) is 6.92 Å². The van der Waals surface area contributed by atoms with Crippen LogP contribution in [0.15, 0.2) is 42.5 Å². The van der Waals surface area contributed by atoms with Crippen LogP contribution in [0.1, 0.15) is 32.2 Å². The number of primary amides is 1. The maximum atomic E-state index is 11.3. The molecule has 1 amide bonds. The van der Waals surface area contributed by atoms with Gasteiger partial charge in [0.1, 0.15) is 17.3 Å². The summed E-state index contributed by atoms with van der Waals surface area (Å²) in [7, 11) is 0. The number of hydrogen-bond acceptors (Lipinski definition) is 5. The number of rotatable bonds is 11. The molecule has 1 heterocycles. The van der Waals surface area contributed by atoms with Gasteiger partial charge in [0, 0.05) is 19.2 Å². The van der Waals surface area contributed by atoms with Crippen molar-refractivity contribution in [3.05, 3.63) is 53.9 Å². The number of nitrogens with zero attached hydrogens (tertiary/aromatic N) is 2. The Labute approximate surface area is 177 Å². The van der Waals surface area contributed by atoms with Crippen molar-refractivity contribution in [2.45, 2.75) is 46.3 Å². The quantitative estimate of drug-likeness (QED) is 0.473. The van der Waals surface area contributed by atoms with Crippen molar-refractivity contribution in [2.24, 2.45) is 5.73 Å². The zero-order valence-corrected chi connectivity index (χ0v) is 17.9. The van der Waals surface area contributed by atoms with Crippen molar-refractivity contribution in [2.75, 3.05) is 13.2 Å². The number of nitrogens with one attached hydrogen (secondary N) is 1. The van der Waals surface area contributed by atoms with E-state index in [-0.39, 0.29) is 0 Å². The molecule has 160 valence electrons. The summed E-state index contributed by atoms with van der Waals surface area (Å²) in [4.78, 5) is 16.1. The maximum Gasteiger partial charge on any atom is 0.234 e. The molecule has 2 aromatic carbocycles. The van der Waals surface area contributed by atoms with E-state index >= 15 is 0 Å². The molecule has 3 N–H and O–H groups in total. The van der Waals surface area contributed by atoms with Crippen LogP contribution >= 0.6 is 0 Å². The van der Waals surface area contributed by atoms with Crippen LogP contribution in [0.2, 0.25) is 0 Å². The van der Waals surface area contributed by atoms with E-state index in [0.29, 0.717) is 26.3 Å². The largest absolute Gasteiger partial charge is 0.457 e. The van der Waals surface area contributed by atoms with Gasteiger partial charge >= 0.3 is 0 Å². The van der Waals surface area contributed by atoms with Crippen molar-refractivity contribution >= 4 is 16.9 Å². The number of nitrogens with two attached hydrogens (primary N) is 1. The second kappa shape index (κ2) is 10.2. The van der Waals surface area contributed by atoms with Gasteiger partial charge in [-0.2, -0.15) is 0 Å². The highest BCUT2D eigenvalue weighted by Gasteiger charge is 2.14. The predicted molar refractivity (Wildman–Crippen MR) is 118 cm³/mol. The molecule has 0 unspecified atom stereocenters. The molecule has 0 fully saturated rings. The molecule has 0 bridgehead atoms. The summed E-state index contributed by atoms with van der Waals surface area (Å²) in [5, 5.41) is 3.13. The molecule has 3 aromatic rings. The molecule has 3 rings (SSSR count). The molecule has 0 aliphatic heterocycles. The third-order valence-electron chi connectivity index (χ3n) is 5.02. The van der Waals surface area contributed by atoms with Gasteiger partial charge in [-0.3, -0.25) is 10.1 Å². The summed E-state index contributed by atoms with van der Waals surface area (Å²) in [6, 6.07) is 13.5. The zero-order chi connectivity index (χ0) is 21.5. The molecule has 1 aromatic heterocycles. The Morgan fingerprint density at radius 1 is 1.17 bits per heavy atom. The lowest BCUT2D eigenvalue weighted by atomic mass is 10.2. The van der Waals surface area contributed by atoms with E-state index in [9.17, 15) is 4.79 Å². The van der Waals surface area contributed by atoms with Crippen LogP contribution in [0.25, 0.3) is 11.0 Å². The summed E-state index contributed by atoms with van der Waals surface area (Å²) in [6.45, 7) is 8.15. The van der Waals surface area contributed by atoms with Gasteiger partial charge in [0.05, 0.1) is 30.2 Å². The third-order valence-corrected chi connectivity index (χ3v) is 5.02. The van der Waals surface area contributed by atoms with Gasteiger partial charge in [-0.05, 0) is 50.1 Å². The van der Waals surface area contributed by atoms with Gasteiger partial charge in [0.15, 0.2) is 0 Å². The SMILES string of the molecule is CCOCCn1c(CN[C@@H](C)C(N)=O)nc2ccc(Oc3ccc(CC)cc3)cc21. The van der Waals surface area contributed by atoms with Gasteiger partial charge in [0.25, 0.3) is 0 Å². The number of aryl methyl sites for hydroxylation is 1. The first kappa shape index (κ1) is 21.8. The van der Waals surface area contributed by atoms with Crippen molar-refractivity contribution in [3.8, 4) is 11.5 Å². The predicted octanol–water partition coefficient (Wildman–Crippen LogP) is 3.39. The van der Waals surface area contributed by atoms with Crippen molar-refractivity contribution in [1.82, 2.24) is 14.9 Å². The monoisotopic (exact) mass is 410 g/mol. The van der Waals surface area contributed by atoms with Crippen molar-refractivity contribution < 1.29 is 14.3 Å². The standard InChI is InChI=1S/C23H30N4O3/c1-4-17-6-8-18(9-7-17)30-19-10-11-20-21(14-19)27(12-13-29-5-2)22(26-20)15-25-16(3)23(24)28/h6-11,14,16,25H,4-5,12-13,15H2,1-3H3,(H2,24,28)/t16-/m0/s1. The topological polar surface area (TPSA) is 91.4 Å². The first-order valence-corrected chi connectivity index (χ1v) is 10.4. The van der Waals surface area contributed by atoms with E-state index in [2.05, 4.69) is 28.9 Å². The number of imidazole rings is 1. The molecule has 7 heteroatoms. The number of aromatic nitrogens is 2. The lowest BCUT2D eigenvalue weighted by Gasteiger charge is -2.13. The zero-order valence-electron chi connectivity index (χ0n) is 17.9. The Morgan fingerprint density at radius 3 is 2.57 bits per heavy atom. The molecule has 0 saturated heterocycles. The first-order chi connectivity index (χ1) is 14.5. The van der Waals surface area contributed by atoms with Crippen LogP contribution in [0, 0.1) is 0 Å². The average Bonchev–Trinajstić information content (AvgIpc) is 3.09. The summed E-state index contributed by atoms with van der Waals surface area (Å²) < 4.78 is 13.7. The smallest absolute Gasteiger partial charge is 0.234 e. The van der Waals surface area contributed by atoms with Gasteiger partial charge in [-0.25, -0.2) is 4.98 Å². The molecule has 0 saturated carbocycles. The van der Waals surface area contributed by atoms with Crippen LogP contribution in [0.5, 0.6) is 11.5 Å². The molecule has 1 atom stereocenters. The highest BCUT2D eigenvalue weighted by molar-refractivity contribution is 5.79. The minimum absolute atomic E-state index is 0.392. The lowest BCUT2D eigenvalue weighted by molar-refractivity contribution is -0.119. The third kappa shape index (κ3) is 5.37. The molecule has 7 nitrogen and oxygen atoms in total. The Hall–Kier alpha value is -2.90. The number of benzene rings is 2. The van der Waals surface area contributed by atoms with E-state index < -0.39 is 11.9 Å². The number of amides is 1. The second-order valence-corrected chi connectivity index (χ2v) is 7.13. The number of hydrogen-bond donors (Lipinski definition) is 2. The molecule has 0 spiro atoms. The van der Waals surface area contributed by atoms with Crippen molar-refractivity contribution in [3.63, 3.8) is 0 Å². The normalized spacial score (nSPS) is 12.2.